The van der Waals surface area contributed by atoms with Crippen molar-refractivity contribution in [3.8, 4) is 0 Å². The molecule has 15 heavy (non-hydrogen) atoms. The first kappa shape index (κ1) is 12.5. The Morgan fingerprint density at radius 3 is 2.47 bits per heavy atom. The topological polar surface area (TPSA) is 50.7 Å². The minimum absolute atomic E-state index is 0.0964. The highest BCUT2D eigenvalue weighted by molar-refractivity contribution is 6.32. The van der Waals surface area contributed by atoms with Crippen LogP contribution in [0.2, 0.25) is 10.4 Å². The molecule has 84 valence electrons. The van der Waals surface area contributed by atoms with E-state index in [1.807, 2.05) is 0 Å². The van der Waals surface area contributed by atoms with Gasteiger partial charge in [0.15, 0.2) is 11.0 Å². The van der Waals surface area contributed by atoms with Crippen molar-refractivity contribution >= 4 is 29.0 Å². The van der Waals surface area contributed by atoms with E-state index >= 15 is 0 Å². The van der Waals surface area contributed by atoms with Gasteiger partial charge < -0.3 is 5.32 Å². The van der Waals surface area contributed by atoms with Crippen LogP contribution in [0.1, 0.15) is 20.8 Å². The lowest BCUT2D eigenvalue weighted by molar-refractivity contribution is 0.439. The van der Waals surface area contributed by atoms with Crippen molar-refractivity contribution in [3.63, 3.8) is 0 Å². The number of hydrogen-bond acceptors (Lipinski definition) is 4. The molecule has 0 fully saturated rings. The molecule has 0 aliphatic heterocycles. The van der Waals surface area contributed by atoms with E-state index in [0.717, 1.165) is 6.54 Å². The Labute approximate surface area is 99.4 Å². The molecule has 0 amide bonds. The van der Waals surface area contributed by atoms with Gasteiger partial charge in [0.2, 0.25) is 5.28 Å². The number of rotatable bonds is 4. The standard InChI is InChI=1S/C9H14Cl2N4/c1-5(2)6(3)4-12-8-7(10)14-15-9(11)13-8/h5-6H,4H2,1-3H3,(H,12,13,15). The van der Waals surface area contributed by atoms with Crippen LogP contribution in [0.25, 0.3) is 0 Å². The number of aromatic nitrogens is 3. The summed E-state index contributed by atoms with van der Waals surface area (Å²) < 4.78 is 0. The van der Waals surface area contributed by atoms with E-state index in [4.69, 9.17) is 23.2 Å². The summed E-state index contributed by atoms with van der Waals surface area (Å²) in [5.41, 5.74) is 0. The molecule has 0 spiro atoms. The quantitative estimate of drug-likeness (QED) is 0.891. The van der Waals surface area contributed by atoms with Gasteiger partial charge in [0, 0.05) is 6.54 Å². The molecule has 0 saturated carbocycles. The highest BCUT2D eigenvalue weighted by atomic mass is 35.5. The van der Waals surface area contributed by atoms with Crippen LogP contribution in [0.4, 0.5) is 5.82 Å². The number of nitrogens with zero attached hydrogens (tertiary/aromatic N) is 3. The molecule has 0 radical (unpaired) electrons. The minimum Gasteiger partial charge on any atom is -0.367 e. The van der Waals surface area contributed by atoms with Crippen molar-refractivity contribution in [2.45, 2.75) is 20.8 Å². The first-order valence-electron chi connectivity index (χ1n) is 4.80. The number of anilines is 1. The lowest BCUT2D eigenvalue weighted by atomic mass is 9.98. The summed E-state index contributed by atoms with van der Waals surface area (Å²) in [6, 6.07) is 0. The van der Waals surface area contributed by atoms with Gasteiger partial charge >= 0.3 is 0 Å². The summed E-state index contributed by atoms with van der Waals surface area (Å²) >= 11 is 11.4. The average molecular weight is 249 g/mol. The molecule has 1 aromatic rings. The number of nitrogens with one attached hydrogen (secondary N) is 1. The van der Waals surface area contributed by atoms with Crippen LogP contribution >= 0.6 is 23.2 Å². The molecule has 0 aliphatic carbocycles. The third-order valence-electron chi connectivity index (χ3n) is 2.35. The van der Waals surface area contributed by atoms with Gasteiger partial charge in [-0.2, -0.15) is 4.98 Å². The maximum Gasteiger partial charge on any atom is 0.245 e. The maximum atomic E-state index is 5.80. The smallest absolute Gasteiger partial charge is 0.245 e. The van der Waals surface area contributed by atoms with Gasteiger partial charge in [0.25, 0.3) is 0 Å². The highest BCUT2D eigenvalue weighted by Gasteiger charge is 2.10. The molecular formula is C9H14Cl2N4. The zero-order valence-electron chi connectivity index (χ0n) is 8.96. The summed E-state index contributed by atoms with van der Waals surface area (Å²) in [4.78, 5) is 3.95. The number of hydrogen-bond donors (Lipinski definition) is 1. The second-order valence-electron chi connectivity index (χ2n) is 3.82. The molecule has 1 rings (SSSR count). The van der Waals surface area contributed by atoms with Crippen LogP contribution < -0.4 is 5.32 Å². The van der Waals surface area contributed by atoms with E-state index in [9.17, 15) is 0 Å². The Bertz CT molecular complexity index is 330. The minimum atomic E-state index is 0.0964. The zero-order valence-corrected chi connectivity index (χ0v) is 10.5. The van der Waals surface area contributed by atoms with Gasteiger partial charge in [-0.1, -0.05) is 32.4 Å². The van der Waals surface area contributed by atoms with Crippen LogP contribution in [-0.4, -0.2) is 21.7 Å². The van der Waals surface area contributed by atoms with Gasteiger partial charge in [-0.3, -0.25) is 0 Å². The molecular weight excluding hydrogens is 235 g/mol. The Hall–Kier alpha value is -0.610. The third-order valence-corrected chi connectivity index (χ3v) is 2.76. The van der Waals surface area contributed by atoms with E-state index in [0.29, 0.717) is 17.7 Å². The predicted octanol–water partition coefficient (Wildman–Crippen LogP) is 2.88. The summed E-state index contributed by atoms with van der Waals surface area (Å²) in [6.07, 6.45) is 0. The van der Waals surface area contributed by atoms with Crippen molar-refractivity contribution in [1.82, 2.24) is 15.2 Å². The van der Waals surface area contributed by atoms with Crippen LogP contribution in [0.5, 0.6) is 0 Å². The fourth-order valence-corrected chi connectivity index (χ4v) is 1.17. The predicted molar refractivity (Wildman–Crippen MR) is 62.3 cm³/mol. The largest absolute Gasteiger partial charge is 0.367 e. The molecule has 0 aromatic carbocycles. The Morgan fingerprint density at radius 2 is 1.87 bits per heavy atom. The molecule has 0 aliphatic rings. The van der Waals surface area contributed by atoms with E-state index in [-0.39, 0.29) is 10.4 Å². The summed E-state index contributed by atoms with van der Waals surface area (Å²) in [5, 5.41) is 10.6. The van der Waals surface area contributed by atoms with Gasteiger partial charge in [0.05, 0.1) is 0 Å². The molecule has 4 nitrogen and oxygen atoms in total. The molecule has 1 aromatic heterocycles. The molecule has 0 saturated heterocycles. The lowest BCUT2D eigenvalue weighted by Crippen LogP contribution is -2.17. The monoisotopic (exact) mass is 248 g/mol. The van der Waals surface area contributed by atoms with Crippen molar-refractivity contribution in [2.75, 3.05) is 11.9 Å². The highest BCUT2D eigenvalue weighted by Crippen LogP contribution is 2.18. The summed E-state index contributed by atoms with van der Waals surface area (Å²) in [7, 11) is 0. The fourth-order valence-electron chi connectivity index (χ4n) is 0.899. The van der Waals surface area contributed by atoms with E-state index in [1.54, 1.807) is 0 Å². The first-order chi connectivity index (χ1) is 7.00. The van der Waals surface area contributed by atoms with Gasteiger partial charge in [-0.25, -0.2) is 0 Å². The fraction of sp³-hybridized carbons (Fsp3) is 0.667. The lowest BCUT2D eigenvalue weighted by Gasteiger charge is -2.16. The zero-order chi connectivity index (χ0) is 11.4. The van der Waals surface area contributed by atoms with Crippen molar-refractivity contribution in [1.29, 1.82) is 0 Å². The molecule has 1 N–H and O–H groups in total. The Morgan fingerprint density at radius 1 is 1.20 bits per heavy atom. The van der Waals surface area contributed by atoms with Gasteiger partial charge in [-0.05, 0) is 23.4 Å². The van der Waals surface area contributed by atoms with Gasteiger partial charge in [-0.15, -0.1) is 10.2 Å². The second kappa shape index (κ2) is 5.47. The molecule has 0 bridgehead atoms. The molecule has 1 heterocycles. The maximum absolute atomic E-state index is 5.80. The van der Waals surface area contributed by atoms with Crippen LogP contribution in [0.15, 0.2) is 0 Å². The van der Waals surface area contributed by atoms with Crippen molar-refractivity contribution in [2.24, 2.45) is 11.8 Å². The Kier molecular flexibility index (Phi) is 4.54. The first-order valence-corrected chi connectivity index (χ1v) is 5.56. The average Bonchev–Trinajstić information content (AvgIpc) is 2.18. The molecule has 1 atom stereocenters. The SMILES string of the molecule is CC(C)C(C)CNc1nc(Cl)nnc1Cl. The summed E-state index contributed by atoms with van der Waals surface area (Å²) in [5.74, 6) is 1.61. The van der Waals surface area contributed by atoms with E-state index in [2.05, 4.69) is 41.3 Å². The normalized spacial score (nSPS) is 12.9. The van der Waals surface area contributed by atoms with Crippen molar-refractivity contribution < 1.29 is 0 Å². The summed E-state index contributed by atoms with van der Waals surface area (Å²) in [6.45, 7) is 7.27. The molecule has 1 unspecified atom stereocenters. The van der Waals surface area contributed by atoms with Crippen LogP contribution in [-0.2, 0) is 0 Å². The second-order valence-corrected chi connectivity index (χ2v) is 4.52. The Balaban J connectivity index is 2.61. The number of halogens is 2. The van der Waals surface area contributed by atoms with E-state index < -0.39 is 0 Å². The van der Waals surface area contributed by atoms with Gasteiger partial charge in [0.1, 0.15) is 0 Å². The third kappa shape index (κ3) is 3.80. The van der Waals surface area contributed by atoms with Crippen LogP contribution in [0.3, 0.4) is 0 Å². The van der Waals surface area contributed by atoms with E-state index in [1.165, 1.54) is 0 Å². The molecule has 6 heteroatoms. The van der Waals surface area contributed by atoms with Crippen LogP contribution in [0, 0.1) is 11.8 Å². The van der Waals surface area contributed by atoms with Crippen molar-refractivity contribution in [3.05, 3.63) is 10.4 Å².